The molecule has 1 aliphatic heterocycles. The van der Waals surface area contributed by atoms with Gasteiger partial charge in [0, 0.05) is 18.8 Å². The van der Waals surface area contributed by atoms with Crippen LogP contribution in [-0.2, 0) is 6.61 Å². The lowest BCUT2D eigenvalue weighted by molar-refractivity contribution is 0.173. The maximum absolute atomic E-state index is 5.74. The maximum Gasteiger partial charge on any atom is 0.231 e. The first-order chi connectivity index (χ1) is 9.85. The van der Waals surface area contributed by atoms with E-state index in [-0.39, 0.29) is 6.79 Å². The van der Waals surface area contributed by atoms with Crippen LogP contribution in [0.3, 0.4) is 0 Å². The van der Waals surface area contributed by atoms with Crippen LogP contribution in [0.5, 0.6) is 17.2 Å². The number of nitrogens with zero attached hydrogens (tertiary/aromatic N) is 1. The third-order valence-corrected chi connectivity index (χ3v) is 3.73. The largest absolute Gasteiger partial charge is 0.488 e. The lowest BCUT2D eigenvalue weighted by atomic mass is 10.3. The van der Waals surface area contributed by atoms with Gasteiger partial charge < -0.3 is 19.5 Å². The molecule has 0 radical (unpaired) electrons. The van der Waals surface area contributed by atoms with Gasteiger partial charge in [-0.25, -0.2) is 4.98 Å². The van der Waals surface area contributed by atoms with Crippen molar-refractivity contribution in [2.75, 3.05) is 18.7 Å². The first-order valence-electron chi connectivity index (χ1n) is 6.56. The molecule has 1 aliphatic rings. The molecular weight excluding hydrogens is 276 g/mol. The number of anilines is 1. The molecule has 20 heavy (non-hydrogen) atoms. The number of rotatable bonds is 6. The molecule has 0 aliphatic carbocycles. The Morgan fingerprint density at radius 1 is 1.35 bits per heavy atom. The molecule has 0 atom stereocenters. The molecule has 2 heterocycles. The van der Waals surface area contributed by atoms with Gasteiger partial charge in [-0.2, -0.15) is 0 Å². The normalized spacial score (nSPS) is 12.4. The summed E-state index contributed by atoms with van der Waals surface area (Å²) < 4.78 is 16.3. The molecule has 5 nitrogen and oxygen atoms in total. The van der Waals surface area contributed by atoms with Crippen LogP contribution in [-0.4, -0.2) is 18.3 Å². The summed E-state index contributed by atoms with van der Waals surface area (Å²) in [5.41, 5.74) is 0. The summed E-state index contributed by atoms with van der Waals surface area (Å²) in [4.78, 5) is 5.39. The van der Waals surface area contributed by atoms with Gasteiger partial charge in [0.05, 0.1) is 4.88 Å². The standard InChI is InChI=1S/C14H16N2O3S/c1-2-5-15-14-16-7-11(20-14)8-17-10-3-4-12-13(6-10)19-9-18-12/h3-4,6-7H,2,5,8-9H2,1H3,(H,15,16). The van der Waals surface area contributed by atoms with Gasteiger partial charge in [-0.3, -0.25) is 0 Å². The third kappa shape index (κ3) is 2.96. The molecule has 0 fully saturated rings. The van der Waals surface area contributed by atoms with Crippen LogP contribution in [0, 0.1) is 0 Å². The van der Waals surface area contributed by atoms with E-state index in [0.717, 1.165) is 40.2 Å². The number of nitrogens with one attached hydrogen (secondary N) is 1. The van der Waals surface area contributed by atoms with Crippen molar-refractivity contribution < 1.29 is 14.2 Å². The SMILES string of the molecule is CCCNc1ncc(COc2ccc3c(c2)OCO3)s1. The first kappa shape index (κ1) is 13.1. The minimum absolute atomic E-state index is 0.278. The highest BCUT2D eigenvalue weighted by molar-refractivity contribution is 7.15. The summed E-state index contributed by atoms with van der Waals surface area (Å²) in [5.74, 6) is 2.27. The molecule has 0 unspecified atom stereocenters. The Morgan fingerprint density at radius 2 is 2.25 bits per heavy atom. The van der Waals surface area contributed by atoms with E-state index >= 15 is 0 Å². The van der Waals surface area contributed by atoms with Crippen LogP contribution < -0.4 is 19.5 Å². The van der Waals surface area contributed by atoms with Gasteiger partial charge in [0.25, 0.3) is 0 Å². The zero-order valence-corrected chi connectivity index (χ0v) is 12.0. The minimum Gasteiger partial charge on any atom is -0.488 e. The number of hydrogen-bond acceptors (Lipinski definition) is 6. The quantitative estimate of drug-likeness (QED) is 0.885. The summed E-state index contributed by atoms with van der Waals surface area (Å²) in [6.45, 7) is 3.85. The Kier molecular flexibility index (Phi) is 3.92. The van der Waals surface area contributed by atoms with Gasteiger partial charge in [0.1, 0.15) is 12.4 Å². The highest BCUT2D eigenvalue weighted by Gasteiger charge is 2.13. The Labute approximate surface area is 121 Å². The minimum atomic E-state index is 0.278. The molecule has 3 rings (SSSR count). The second-order valence-corrected chi connectivity index (χ2v) is 5.48. The molecule has 6 heteroatoms. The number of ether oxygens (including phenoxy) is 3. The highest BCUT2D eigenvalue weighted by atomic mass is 32.1. The van der Waals surface area contributed by atoms with Gasteiger partial charge in [0.2, 0.25) is 6.79 Å². The summed E-state index contributed by atoms with van der Waals surface area (Å²) in [7, 11) is 0. The lowest BCUT2D eigenvalue weighted by Gasteiger charge is -2.05. The fourth-order valence-electron chi connectivity index (χ4n) is 1.81. The van der Waals surface area contributed by atoms with Crippen molar-refractivity contribution in [2.24, 2.45) is 0 Å². The Hall–Kier alpha value is -1.95. The average Bonchev–Trinajstić information content (AvgIpc) is 3.11. The average molecular weight is 292 g/mol. The Balaban J connectivity index is 1.57. The van der Waals surface area contributed by atoms with Crippen LogP contribution in [0.4, 0.5) is 5.13 Å². The van der Waals surface area contributed by atoms with Gasteiger partial charge >= 0.3 is 0 Å². The van der Waals surface area contributed by atoms with Crippen LogP contribution in [0.25, 0.3) is 0 Å². The van der Waals surface area contributed by atoms with E-state index in [1.54, 1.807) is 11.3 Å². The van der Waals surface area contributed by atoms with Crippen LogP contribution in [0.15, 0.2) is 24.4 Å². The molecule has 0 saturated carbocycles. The van der Waals surface area contributed by atoms with Crippen molar-refractivity contribution in [3.05, 3.63) is 29.3 Å². The van der Waals surface area contributed by atoms with E-state index in [1.807, 2.05) is 24.4 Å². The second-order valence-electron chi connectivity index (χ2n) is 4.36. The van der Waals surface area contributed by atoms with E-state index in [4.69, 9.17) is 14.2 Å². The monoisotopic (exact) mass is 292 g/mol. The zero-order valence-electron chi connectivity index (χ0n) is 11.2. The smallest absolute Gasteiger partial charge is 0.231 e. The first-order valence-corrected chi connectivity index (χ1v) is 7.38. The number of aromatic nitrogens is 1. The van der Waals surface area contributed by atoms with Crippen molar-refractivity contribution >= 4 is 16.5 Å². The van der Waals surface area contributed by atoms with Gasteiger partial charge in [-0.1, -0.05) is 18.3 Å². The number of hydrogen-bond donors (Lipinski definition) is 1. The van der Waals surface area contributed by atoms with Gasteiger partial charge in [-0.05, 0) is 18.6 Å². The Morgan fingerprint density at radius 3 is 3.15 bits per heavy atom. The molecule has 1 N–H and O–H groups in total. The molecule has 1 aromatic carbocycles. The third-order valence-electron chi connectivity index (χ3n) is 2.80. The van der Waals surface area contributed by atoms with Gasteiger partial charge in [0.15, 0.2) is 16.6 Å². The van der Waals surface area contributed by atoms with E-state index in [2.05, 4.69) is 17.2 Å². The summed E-state index contributed by atoms with van der Waals surface area (Å²) in [5, 5.41) is 4.20. The van der Waals surface area contributed by atoms with Crippen LogP contribution >= 0.6 is 11.3 Å². The molecule has 0 spiro atoms. The van der Waals surface area contributed by atoms with Crippen molar-refractivity contribution in [1.29, 1.82) is 0 Å². The summed E-state index contributed by atoms with van der Waals surface area (Å²) in [6.07, 6.45) is 2.93. The second kappa shape index (κ2) is 6.00. The van der Waals surface area contributed by atoms with Crippen molar-refractivity contribution in [3.63, 3.8) is 0 Å². The Bertz CT molecular complexity index is 586. The predicted octanol–water partition coefficient (Wildman–Crippen LogP) is 3.27. The molecule has 1 aromatic heterocycles. The fourth-order valence-corrected chi connectivity index (χ4v) is 2.56. The zero-order chi connectivity index (χ0) is 13.8. The van der Waals surface area contributed by atoms with E-state index < -0.39 is 0 Å². The van der Waals surface area contributed by atoms with Crippen molar-refractivity contribution in [1.82, 2.24) is 4.98 Å². The lowest BCUT2D eigenvalue weighted by Crippen LogP contribution is -1.97. The predicted molar refractivity (Wildman–Crippen MR) is 77.8 cm³/mol. The molecular formula is C14H16N2O3S. The van der Waals surface area contributed by atoms with E-state index in [1.165, 1.54) is 0 Å². The summed E-state index contributed by atoms with van der Waals surface area (Å²) >= 11 is 1.61. The molecule has 0 bridgehead atoms. The van der Waals surface area contributed by atoms with Crippen molar-refractivity contribution in [2.45, 2.75) is 20.0 Å². The van der Waals surface area contributed by atoms with Crippen LogP contribution in [0.2, 0.25) is 0 Å². The number of thiazole rings is 1. The van der Waals surface area contributed by atoms with E-state index in [9.17, 15) is 0 Å². The van der Waals surface area contributed by atoms with Gasteiger partial charge in [-0.15, -0.1) is 0 Å². The van der Waals surface area contributed by atoms with Crippen molar-refractivity contribution in [3.8, 4) is 17.2 Å². The molecule has 0 saturated heterocycles. The maximum atomic E-state index is 5.74. The fraction of sp³-hybridized carbons (Fsp3) is 0.357. The van der Waals surface area contributed by atoms with Crippen LogP contribution in [0.1, 0.15) is 18.2 Å². The topological polar surface area (TPSA) is 52.6 Å². The molecule has 0 amide bonds. The number of fused-ring (bicyclic) bond motifs is 1. The number of benzene rings is 1. The van der Waals surface area contributed by atoms with E-state index in [0.29, 0.717) is 6.61 Å². The molecule has 106 valence electrons. The molecule has 2 aromatic rings. The summed E-state index contributed by atoms with van der Waals surface area (Å²) in [6, 6.07) is 5.59. The highest BCUT2D eigenvalue weighted by Crippen LogP contribution is 2.35.